The number of carbonyl (C=O) groups is 1. The molecule has 0 saturated carbocycles. The topological polar surface area (TPSA) is 55.1 Å². The number of anilines is 1. The van der Waals surface area contributed by atoms with Crippen LogP contribution in [0.4, 0.5) is 5.69 Å². The van der Waals surface area contributed by atoms with Gasteiger partial charge in [0, 0.05) is 22.9 Å². The smallest absolute Gasteiger partial charge is 0.255 e. The van der Waals surface area contributed by atoms with Crippen LogP contribution < -0.4 is 5.32 Å². The zero-order valence-electron chi connectivity index (χ0n) is 14.6. The molecule has 1 amide bonds. The second kappa shape index (κ2) is 6.48. The molecule has 1 N–H and O–H groups in total. The first kappa shape index (κ1) is 16.1. The van der Waals surface area contributed by atoms with Crippen molar-refractivity contribution in [3.8, 4) is 11.5 Å². The van der Waals surface area contributed by atoms with E-state index < -0.39 is 0 Å². The Kier molecular flexibility index (Phi) is 4.01. The third-order valence-corrected chi connectivity index (χ3v) is 4.19. The van der Waals surface area contributed by atoms with E-state index in [1.165, 1.54) is 0 Å². The van der Waals surface area contributed by atoms with E-state index >= 15 is 0 Å². The minimum atomic E-state index is -0.147. The first-order chi connectivity index (χ1) is 12.6. The maximum atomic E-state index is 12.4. The highest BCUT2D eigenvalue weighted by Crippen LogP contribution is 2.27. The van der Waals surface area contributed by atoms with E-state index in [2.05, 4.69) is 10.3 Å². The Labute approximate surface area is 151 Å². The molecule has 128 valence electrons. The van der Waals surface area contributed by atoms with Crippen molar-refractivity contribution in [1.82, 2.24) is 4.98 Å². The third kappa shape index (κ3) is 3.22. The molecule has 0 unspecified atom stereocenters. The second-order valence-electron chi connectivity index (χ2n) is 6.39. The molecular formula is C22H18N2O2. The number of oxazole rings is 1. The number of fused-ring (bicyclic) bond motifs is 1. The highest BCUT2D eigenvalue weighted by Gasteiger charge is 2.11. The lowest BCUT2D eigenvalue weighted by molar-refractivity contribution is 0.102. The van der Waals surface area contributed by atoms with Gasteiger partial charge in [0.15, 0.2) is 5.58 Å². The highest BCUT2D eigenvalue weighted by atomic mass is 16.3. The van der Waals surface area contributed by atoms with Crippen LogP contribution in [0, 0.1) is 13.8 Å². The summed E-state index contributed by atoms with van der Waals surface area (Å²) < 4.78 is 5.89. The van der Waals surface area contributed by atoms with Crippen molar-refractivity contribution in [2.75, 3.05) is 5.32 Å². The quantitative estimate of drug-likeness (QED) is 0.545. The molecule has 0 aliphatic rings. The van der Waals surface area contributed by atoms with Crippen LogP contribution in [0.15, 0.2) is 71.1 Å². The predicted molar refractivity (Wildman–Crippen MR) is 103 cm³/mol. The Bertz CT molecular complexity index is 1110. The Morgan fingerprint density at radius 3 is 2.46 bits per heavy atom. The minimum Gasteiger partial charge on any atom is -0.436 e. The molecule has 4 heteroatoms. The van der Waals surface area contributed by atoms with Gasteiger partial charge in [-0.25, -0.2) is 4.98 Å². The molecule has 26 heavy (non-hydrogen) atoms. The van der Waals surface area contributed by atoms with Crippen LogP contribution in [0.1, 0.15) is 21.5 Å². The van der Waals surface area contributed by atoms with Crippen molar-refractivity contribution in [3.63, 3.8) is 0 Å². The number of hydrogen-bond acceptors (Lipinski definition) is 3. The number of benzene rings is 3. The zero-order chi connectivity index (χ0) is 18.1. The van der Waals surface area contributed by atoms with Crippen LogP contribution in [0.5, 0.6) is 0 Å². The standard InChI is InChI=1S/C22H18N2O2/c1-14-5-3-7-16(11-14)21(25)23-18-9-10-19-20(13-18)26-22(24-19)17-8-4-6-15(2)12-17/h3-13H,1-2H3,(H,23,25). The van der Waals surface area contributed by atoms with Gasteiger partial charge in [-0.3, -0.25) is 4.79 Å². The average molecular weight is 342 g/mol. The van der Waals surface area contributed by atoms with Crippen molar-refractivity contribution in [2.24, 2.45) is 0 Å². The maximum absolute atomic E-state index is 12.4. The lowest BCUT2D eigenvalue weighted by Gasteiger charge is -2.05. The van der Waals surface area contributed by atoms with Gasteiger partial charge >= 0.3 is 0 Å². The first-order valence-electron chi connectivity index (χ1n) is 8.44. The van der Waals surface area contributed by atoms with Crippen molar-refractivity contribution < 1.29 is 9.21 Å². The van der Waals surface area contributed by atoms with Crippen LogP contribution in [0.25, 0.3) is 22.6 Å². The van der Waals surface area contributed by atoms with Crippen molar-refractivity contribution in [1.29, 1.82) is 0 Å². The SMILES string of the molecule is Cc1cccc(C(=O)Nc2ccc3nc(-c4cccc(C)c4)oc3c2)c1. The van der Waals surface area contributed by atoms with Gasteiger partial charge < -0.3 is 9.73 Å². The normalized spacial score (nSPS) is 10.8. The molecule has 4 aromatic rings. The van der Waals surface area contributed by atoms with E-state index in [0.717, 1.165) is 22.2 Å². The third-order valence-electron chi connectivity index (χ3n) is 4.19. The van der Waals surface area contributed by atoms with Crippen LogP contribution in [0.3, 0.4) is 0 Å². The lowest BCUT2D eigenvalue weighted by Crippen LogP contribution is -2.11. The summed E-state index contributed by atoms with van der Waals surface area (Å²) in [6, 6.07) is 21.0. The minimum absolute atomic E-state index is 0.147. The summed E-state index contributed by atoms with van der Waals surface area (Å²) in [5, 5.41) is 2.91. The van der Waals surface area contributed by atoms with Crippen LogP contribution >= 0.6 is 0 Å². The average Bonchev–Trinajstić information content (AvgIpc) is 3.05. The molecule has 0 atom stereocenters. The molecule has 0 bridgehead atoms. The molecule has 1 heterocycles. The fourth-order valence-electron chi connectivity index (χ4n) is 2.89. The summed E-state index contributed by atoms with van der Waals surface area (Å²) in [5.41, 5.74) is 5.84. The molecular weight excluding hydrogens is 324 g/mol. The molecule has 0 aliphatic carbocycles. The van der Waals surface area contributed by atoms with Crippen LogP contribution in [-0.4, -0.2) is 10.9 Å². The fourth-order valence-corrected chi connectivity index (χ4v) is 2.89. The van der Waals surface area contributed by atoms with E-state index in [-0.39, 0.29) is 5.91 Å². The monoisotopic (exact) mass is 342 g/mol. The predicted octanol–water partition coefficient (Wildman–Crippen LogP) is 5.36. The number of aromatic nitrogens is 1. The molecule has 0 aliphatic heterocycles. The molecule has 3 aromatic carbocycles. The summed E-state index contributed by atoms with van der Waals surface area (Å²) >= 11 is 0. The van der Waals surface area contributed by atoms with Gasteiger partial charge in [-0.15, -0.1) is 0 Å². The molecule has 0 fully saturated rings. The molecule has 1 aromatic heterocycles. The maximum Gasteiger partial charge on any atom is 0.255 e. The Morgan fingerprint density at radius 1 is 0.923 bits per heavy atom. The van der Waals surface area contributed by atoms with Gasteiger partial charge in [0.05, 0.1) is 0 Å². The number of hydrogen-bond donors (Lipinski definition) is 1. The molecule has 4 rings (SSSR count). The zero-order valence-corrected chi connectivity index (χ0v) is 14.6. The number of amides is 1. The Balaban J connectivity index is 1.62. The second-order valence-corrected chi connectivity index (χ2v) is 6.39. The summed E-state index contributed by atoms with van der Waals surface area (Å²) in [4.78, 5) is 16.9. The highest BCUT2D eigenvalue weighted by molar-refractivity contribution is 6.05. The Hall–Kier alpha value is -3.40. The summed E-state index contributed by atoms with van der Waals surface area (Å²) in [7, 11) is 0. The first-order valence-corrected chi connectivity index (χ1v) is 8.44. The van der Waals surface area contributed by atoms with E-state index in [1.54, 1.807) is 12.1 Å². The van der Waals surface area contributed by atoms with E-state index in [9.17, 15) is 4.79 Å². The molecule has 0 spiro atoms. The van der Waals surface area contributed by atoms with Gasteiger partial charge in [0.2, 0.25) is 5.89 Å². The summed E-state index contributed by atoms with van der Waals surface area (Å²) in [6.45, 7) is 4.00. The van der Waals surface area contributed by atoms with Crippen molar-refractivity contribution in [3.05, 3.63) is 83.4 Å². The van der Waals surface area contributed by atoms with Gasteiger partial charge in [-0.1, -0.05) is 35.4 Å². The number of aryl methyl sites for hydroxylation is 2. The van der Waals surface area contributed by atoms with E-state index in [1.807, 2.05) is 68.4 Å². The lowest BCUT2D eigenvalue weighted by atomic mass is 10.1. The molecule has 0 saturated heterocycles. The van der Waals surface area contributed by atoms with E-state index in [0.29, 0.717) is 22.7 Å². The van der Waals surface area contributed by atoms with Gasteiger partial charge in [0.1, 0.15) is 5.52 Å². The number of carbonyl (C=O) groups excluding carboxylic acids is 1. The number of rotatable bonds is 3. The molecule has 4 nitrogen and oxygen atoms in total. The van der Waals surface area contributed by atoms with Gasteiger partial charge in [-0.2, -0.15) is 0 Å². The largest absolute Gasteiger partial charge is 0.436 e. The van der Waals surface area contributed by atoms with Crippen LogP contribution in [0.2, 0.25) is 0 Å². The Morgan fingerprint density at radius 2 is 1.69 bits per heavy atom. The van der Waals surface area contributed by atoms with E-state index in [4.69, 9.17) is 4.42 Å². The fraction of sp³-hybridized carbons (Fsp3) is 0.0909. The van der Waals surface area contributed by atoms with Gasteiger partial charge in [0.25, 0.3) is 5.91 Å². The van der Waals surface area contributed by atoms with Crippen molar-refractivity contribution in [2.45, 2.75) is 13.8 Å². The summed E-state index contributed by atoms with van der Waals surface area (Å²) in [6.07, 6.45) is 0. The molecule has 0 radical (unpaired) electrons. The number of nitrogens with zero attached hydrogens (tertiary/aromatic N) is 1. The van der Waals surface area contributed by atoms with Crippen molar-refractivity contribution >= 4 is 22.7 Å². The van der Waals surface area contributed by atoms with Crippen LogP contribution in [-0.2, 0) is 0 Å². The summed E-state index contributed by atoms with van der Waals surface area (Å²) in [5.74, 6) is 0.428. The van der Waals surface area contributed by atoms with Gasteiger partial charge in [-0.05, 0) is 50.2 Å². The number of nitrogens with one attached hydrogen (secondary N) is 1.